The number of nitro benzene ring substituents is 1. The van der Waals surface area contributed by atoms with Crippen LogP contribution < -0.4 is 15.4 Å². The molecule has 2 rings (SSSR count). The topological polar surface area (TPSA) is 165 Å². The number of carbonyl (C=O) groups is 1. The Morgan fingerprint density at radius 1 is 1.00 bits per heavy atom. The molecule has 3 N–H and O–H groups in total. The zero-order chi connectivity index (χ0) is 23.9. The summed E-state index contributed by atoms with van der Waals surface area (Å²) in [5.41, 5.74) is -0.335. The molecule has 0 aliphatic heterocycles. The number of hydrogen-bond donors (Lipinski definition) is 3. The van der Waals surface area contributed by atoms with Crippen molar-refractivity contribution in [2.45, 2.75) is 16.2 Å². The van der Waals surface area contributed by atoms with E-state index in [1.54, 1.807) is 0 Å². The average molecular weight is 489 g/mol. The number of anilines is 1. The van der Waals surface area contributed by atoms with Crippen molar-refractivity contribution in [2.24, 2.45) is 0 Å². The number of sulfonamides is 1. The van der Waals surface area contributed by atoms with Crippen molar-refractivity contribution < 1.29 is 30.9 Å². The zero-order valence-corrected chi connectivity index (χ0v) is 18.5. The molecule has 11 nitrogen and oxygen atoms in total. The van der Waals surface area contributed by atoms with E-state index in [1.165, 1.54) is 12.1 Å². The summed E-state index contributed by atoms with van der Waals surface area (Å²) in [6.07, 6.45) is 0.776. The number of sulfone groups is 1. The van der Waals surface area contributed by atoms with E-state index in [0.29, 0.717) is 0 Å². The largest absolute Gasteiger partial charge is 0.378 e. The first-order valence-corrected chi connectivity index (χ1v) is 12.5. The first-order valence-electron chi connectivity index (χ1n) is 9.14. The van der Waals surface area contributed by atoms with E-state index in [9.17, 15) is 36.1 Å². The highest BCUT2D eigenvalue weighted by molar-refractivity contribution is 7.90. The van der Waals surface area contributed by atoms with Gasteiger partial charge in [0, 0.05) is 38.4 Å². The Morgan fingerprint density at radius 2 is 1.62 bits per heavy atom. The minimum atomic E-state index is -3.88. The fraction of sp³-hybridized carbons (Fsp3) is 0.278. The minimum absolute atomic E-state index is 0.0779. The first kappa shape index (κ1) is 25.2. The number of nitro groups is 1. The lowest BCUT2D eigenvalue weighted by Gasteiger charge is -2.10. The van der Waals surface area contributed by atoms with Crippen LogP contribution in [-0.2, 0) is 24.7 Å². The quantitative estimate of drug-likeness (QED) is 0.240. The van der Waals surface area contributed by atoms with Crippen LogP contribution in [0.1, 0.15) is 6.42 Å². The van der Waals surface area contributed by atoms with Gasteiger partial charge < -0.3 is 10.6 Å². The van der Waals surface area contributed by atoms with Crippen molar-refractivity contribution in [1.82, 2.24) is 10.0 Å². The lowest BCUT2D eigenvalue weighted by atomic mass is 10.2. The van der Waals surface area contributed by atoms with Crippen molar-refractivity contribution in [3.05, 3.63) is 58.4 Å². The van der Waals surface area contributed by atoms with Crippen molar-refractivity contribution in [3.63, 3.8) is 0 Å². The van der Waals surface area contributed by atoms with Gasteiger partial charge in [-0.2, -0.15) is 0 Å². The molecule has 0 saturated carbocycles. The fourth-order valence-electron chi connectivity index (χ4n) is 2.53. The van der Waals surface area contributed by atoms with Gasteiger partial charge in [0.1, 0.15) is 11.5 Å². The van der Waals surface area contributed by atoms with Gasteiger partial charge in [-0.25, -0.2) is 25.9 Å². The highest BCUT2D eigenvalue weighted by atomic mass is 32.2. The molecule has 0 radical (unpaired) electrons. The van der Waals surface area contributed by atoms with Crippen molar-refractivity contribution in [3.8, 4) is 0 Å². The molecular weight excluding hydrogens is 467 g/mol. The van der Waals surface area contributed by atoms with E-state index in [4.69, 9.17) is 0 Å². The predicted molar refractivity (Wildman–Crippen MR) is 114 cm³/mol. The van der Waals surface area contributed by atoms with E-state index in [2.05, 4.69) is 15.4 Å². The monoisotopic (exact) mass is 488 g/mol. The second-order valence-electron chi connectivity index (χ2n) is 6.59. The molecule has 32 heavy (non-hydrogen) atoms. The van der Waals surface area contributed by atoms with Crippen LogP contribution >= 0.6 is 0 Å². The SMILES string of the molecule is CS(=O)(=O)c1ccc(NCCNC(=O)CCNS(=O)(=O)c2ccc(F)cc2)c([N+](=O)[O-])c1. The molecule has 2 aromatic carbocycles. The van der Waals surface area contributed by atoms with Gasteiger partial charge in [0.2, 0.25) is 15.9 Å². The molecular formula is C18H21FN4O7S2. The van der Waals surface area contributed by atoms with Crippen LogP contribution in [0.3, 0.4) is 0 Å². The Morgan fingerprint density at radius 3 is 2.22 bits per heavy atom. The molecule has 0 aliphatic carbocycles. The summed E-state index contributed by atoms with van der Waals surface area (Å²) < 4.78 is 62.3. The maximum atomic E-state index is 12.9. The van der Waals surface area contributed by atoms with Crippen molar-refractivity contribution in [1.29, 1.82) is 0 Å². The molecule has 2 aromatic rings. The van der Waals surface area contributed by atoms with Crippen LogP contribution in [0, 0.1) is 15.9 Å². The summed E-state index contributed by atoms with van der Waals surface area (Å²) >= 11 is 0. The summed E-state index contributed by atoms with van der Waals surface area (Å²) in [5, 5.41) is 16.4. The van der Waals surface area contributed by atoms with Gasteiger partial charge in [-0.15, -0.1) is 0 Å². The van der Waals surface area contributed by atoms with E-state index < -0.39 is 42.2 Å². The Labute approximate surface area is 184 Å². The van der Waals surface area contributed by atoms with Gasteiger partial charge >= 0.3 is 0 Å². The van der Waals surface area contributed by atoms with Gasteiger partial charge in [-0.3, -0.25) is 14.9 Å². The number of nitrogens with zero attached hydrogens (tertiary/aromatic N) is 1. The number of amides is 1. The van der Waals surface area contributed by atoms with Crippen LogP contribution in [0.2, 0.25) is 0 Å². The van der Waals surface area contributed by atoms with Gasteiger partial charge in [0.25, 0.3) is 5.69 Å². The number of carbonyl (C=O) groups excluding carboxylic acids is 1. The Balaban J connectivity index is 1.80. The predicted octanol–water partition coefficient (Wildman–Crippen LogP) is 1.03. The highest BCUT2D eigenvalue weighted by Gasteiger charge is 2.18. The van der Waals surface area contributed by atoms with E-state index >= 15 is 0 Å². The molecule has 0 fully saturated rings. The summed E-state index contributed by atoms with van der Waals surface area (Å²) in [5.74, 6) is -1.04. The van der Waals surface area contributed by atoms with Gasteiger partial charge in [-0.05, 0) is 36.4 Å². The van der Waals surface area contributed by atoms with Gasteiger partial charge in [0.05, 0.1) is 14.7 Å². The second-order valence-corrected chi connectivity index (χ2v) is 10.4. The summed E-state index contributed by atoms with van der Waals surface area (Å²) in [6.45, 7) is -0.00195. The minimum Gasteiger partial charge on any atom is -0.378 e. The molecule has 0 heterocycles. The van der Waals surface area contributed by atoms with Crippen LogP contribution in [0.15, 0.2) is 52.3 Å². The Bertz CT molecular complexity index is 1200. The van der Waals surface area contributed by atoms with Crippen LogP contribution in [0.4, 0.5) is 15.8 Å². The molecule has 14 heteroatoms. The molecule has 1 amide bonds. The molecule has 0 saturated heterocycles. The van der Waals surface area contributed by atoms with E-state index in [-0.39, 0.29) is 41.5 Å². The molecule has 0 aromatic heterocycles. The highest BCUT2D eigenvalue weighted by Crippen LogP contribution is 2.27. The van der Waals surface area contributed by atoms with E-state index in [0.717, 1.165) is 36.6 Å². The van der Waals surface area contributed by atoms with E-state index in [1.807, 2.05) is 0 Å². The summed E-state index contributed by atoms with van der Waals surface area (Å²) in [7, 11) is -7.48. The smallest absolute Gasteiger partial charge is 0.293 e. The standard InChI is InChI=1S/C18H21FN4O7S2/c1-31(27,28)15-6-7-16(17(12-15)23(25)26)20-10-11-21-18(24)8-9-22-32(29,30)14-4-2-13(19)3-5-14/h2-7,12,20,22H,8-11H2,1H3,(H,21,24). The molecule has 0 bridgehead atoms. The van der Waals surface area contributed by atoms with Crippen LogP contribution in [-0.4, -0.2) is 53.6 Å². The number of nitrogens with one attached hydrogen (secondary N) is 3. The molecule has 0 unspecified atom stereocenters. The number of benzene rings is 2. The molecule has 0 aliphatic rings. The normalized spacial score (nSPS) is 11.7. The third-order valence-electron chi connectivity index (χ3n) is 4.12. The third-order valence-corrected chi connectivity index (χ3v) is 6.71. The lowest BCUT2D eigenvalue weighted by Crippen LogP contribution is -2.33. The fourth-order valence-corrected chi connectivity index (χ4v) is 4.20. The number of rotatable bonds is 11. The number of hydrogen-bond acceptors (Lipinski definition) is 8. The zero-order valence-electron chi connectivity index (χ0n) is 16.9. The maximum Gasteiger partial charge on any atom is 0.293 e. The van der Waals surface area contributed by atoms with Gasteiger partial charge in [-0.1, -0.05) is 0 Å². The lowest BCUT2D eigenvalue weighted by molar-refractivity contribution is -0.384. The molecule has 0 atom stereocenters. The van der Waals surface area contributed by atoms with Crippen molar-refractivity contribution >= 4 is 37.1 Å². The van der Waals surface area contributed by atoms with Crippen LogP contribution in [0.5, 0.6) is 0 Å². The Kier molecular flexibility index (Phi) is 8.24. The number of halogens is 1. The third kappa shape index (κ3) is 7.25. The Hall–Kier alpha value is -3.10. The summed E-state index contributed by atoms with van der Waals surface area (Å²) in [6, 6.07) is 7.66. The maximum absolute atomic E-state index is 12.9. The first-order chi connectivity index (χ1) is 14.9. The van der Waals surface area contributed by atoms with Gasteiger partial charge in [0.15, 0.2) is 9.84 Å². The summed E-state index contributed by atoms with van der Waals surface area (Å²) in [4.78, 5) is 22.0. The second kappa shape index (κ2) is 10.5. The van der Waals surface area contributed by atoms with Crippen molar-refractivity contribution in [2.75, 3.05) is 31.2 Å². The average Bonchev–Trinajstić information content (AvgIpc) is 2.70. The molecule has 174 valence electrons. The molecule has 0 spiro atoms. The van der Waals surface area contributed by atoms with Crippen LogP contribution in [0.25, 0.3) is 0 Å².